The molecule has 4 heteroatoms. The molecule has 0 saturated carbocycles. The zero-order chi connectivity index (χ0) is 12.6. The number of allylic oxidation sites excluding steroid dienone is 5. The maximum Gasteiger partial charge on any atom is 0.313 e. The molecule has 0 bridgehead atoms. The Kier molecular flexibility index (Phi) is 6.22. The van der Waals surface area contributed by atoms with Crippen LogP contribution in [0.25, 0.3) is 0 Å². The number of carbonyl (C=O) groups excluding carboxylic acids is 2. The van der Waals surface area contributed by atoms with E-state index in [0.29, 0.717) is 5.57 Å². The highest BCUT2D eigenvalue weighted by Crippen LogP contribution is 2.07. The second-order valence-corrected chi connectivity index (χ2v) is 2.84. The Balaban J connectivity index is 4.89. The van der Waals surface area contributed by atoms with Crippen molar-refractivity contribution in [2.45, 2.75) is 13.3 Å². The van der Waals surface area contributed by atoms with E-state index in [9.17, 15) is 9.59 Å². The van der Waals surface area contributed by atoms with Crippen molar-refractivity contribution in [3.05, 3.63) is 36.0 Å². The molecule has 0 radical (unpaired) electrons. The van der Waals surface area contributed by atoms with Crippen molar-refractivity contribution in [3.63, 3.8) is 0 Å². The number of nitriles is 1. The predicted octanol–water partition coefficient (Wildman–Crippen LogP) is 1.70. The summed E-state index contributed by atoms with van der Waals surface area (Å²) >= 11 is 0. The normalized spacial score (nSPS) is 11.6. The molecule has 0 aliphatic heterocycles. The lowest BCUT2D eigenvalue weighted by atomic mass is 10.1. The lowest BCUT2D eigenvalue weighted by Crippen LogP contribution is -2.10. The van der Waals surface area contributed by atoms with Crippen LogP contribution in [0.4, 0.5) is 0 Å². The first-order valence-electron chi connectivity index (χ1n) is 4.59. The molecule has 0 spiro atoms. The van der Waals surface area contributed by atoms with Gasteiger partial charge in [0.05, 0.1) is 13.2 Å². The van der Waals surface area contributed by atoms with E-state index in [1.807, 2.05) is 6.07 Å². The molecule has 0 N–H and O–H groups in total. The van der Waals surface area contributed by atoms with Gasteiger partial charge in [0, 0.05) is 11.1 Å². The molecular formula is C12H13NO3. The van der Waals surface area contributed by atoms with E-state index in [1.54, 1.807) is 13.0 Å². The van der Waals surface area contributed by atoms with Crippen molar-refractivity contribution in [1.29, 1.82) is 5.26 Å². The molecule has 4 nitrogen and oxygen atoms in total. The van der Waals surface area contributed by atoms with Gasteiger partial charge in [-0.2, -0.15) is 5.26 Å². The minimum atomic E-state index is -0.614. The Hall–Kier alpha value is -2.15. The van der Waals surface area contributed by atoms with E-state index in [0.717, 1.165) is 0 Å². The summed E-state index contributed by atoms with van der Waals surface area (Å²) in [4.78, 5) is 22.4. The smallest absolute Gasteiger partial charge is 0.313 e. The van der Waals surface area contributed by atoms with Gasteiger partial charge in [-0.1, -0.05) is 18.7 Å². The lowest BCUT2D eigenvalue weighted by molar-refractivity contribution is -0.142. The number of methoxy groups -OCH3 is 1. The maximum absolute atomic E-state index is 11.5. The van der Waals surface area contributed by atoms with Crippen LogP contribution >= 0.6 is 0 Å². The number of Topliss-reactive ketones (excluding diaryl/α,β-unsaturated/α-hetero) is 1. The average Bonchev–Trinajstić information content (AvgIpc) is 2.30. The Morgan fingerprint density at radius 2 is 2.12 bits per heavy atom. The average molecular weight is 219 g/mol. The van der Waals surface area contributed by atoms with Crippen molar-refractivity contribution in [2.75, 3.05) is 7.11 Å². The number of ketones is 1. The number of rotatable bonds is 5. The third kappa shape index (κ3) is 4.38. The molecule has 0 rings (SSSR count). The Morgan fingerprint density at radius 1 is 1.50 bits per heavy atom. The van der Waals surface area contributed by atoms with Gasteiger partial charge in [0.25, 0.3) is 0 Å². The molecular weight excluding hydrogens is 206 g/mol. The summed E-state index contributed by atoms with van der Waals surface area (Å²) in [7, 11) is 1.21. The van der Waals surface area contributed by atoms with Crippen molar-refractivity contribution < 1.29 is 14.3 Å². The van der Waals surface area contributed by atoms with Gasteiger partial charge in [-0.25, -0.2) is 0 Å². The van der Waals surface area contributed by atoms with Crippen molar-refractivity contribution in [1.82, 2.24) is 0 Å². The van der Waals surface area contributed by atoms with Gasteiger partial charge in [-0.3, -0.25) is 9.59 Å². The molecule has 0 aromatic carbocycles. The van der Waals surface area contributed by atoms with Crippen molar-refractivity contribution >= 4 is 11.8 Å². The standard InChI is InChI=1S/C12H13NO3/c1-4-9(8-13)6-10(5-2)11(14)7-12(15)16-3/h4-6H,2,7H2,1,3H3. The molecule has 16 heavy (non-hydrogen) atoms. The molecule has 0 aromatic heterocycles. The maximum atomic E-state index is 11.5. The second kappa shape index (κ2) is 7.18. The van der Waals surface area contributed by atoms with E-state index in [4.69, 9.17) is 5.26 Å². The molecule has 0 aliphatic rings. The quantitative estimate of drug-likeness (QED) is 0.232. The molecule has 84 valence electrons. The molecule has 0 heterocycles. The Labute approximate surface area is 94.5 Å². The van der Waals surface area contributed by atoms with Gasteiger partial charge in [0.15, 0.2) is 5.78 Å². The van der Waals surface area contributed by atoms with Gasteiger partial charge >= 0.3 is 5.97 Å². The Morgan fingerprint density at radius 3 is 2.50 bits per heavy atom. The molecule has 0 saturated heterocycles. The molecule has 0 aromatic rings. The number of esters is 1. The predicted molar refractivity (Wildman–Crippen MR) is 59.3 cm³/mol. The summed E-state index contributed by atoms with van der Waals surface area (Å²) in [6.45, 7) is 5.14. The SMILES string of the molecule is C=CC(=CC(C#N)=CC)C(=O)CC(=O)OC. The van der Waals surface area contributed by atoms with Gasteiger partial charge in [0.1, 0.15) is 6.42 Å². The third-order valence-corrected chi connectivity index (χ3v) is 1.83. The molecule has 0 fully saturated rings. The zero-order valence-corrected chi connectivity index (χ0v) is 9.32. The summed E-state index contributed by atoms with van der Waals surface area (Å²) in [6.07, 6.45) is 3.91. The minimum Gasteiger partial charge on any atom is -0.469 e. The van der Waals surface area contributed by atoms with Gasteiger partial charge in [-0.05, 0) is 13.0 Å². The summed E-state index contributed by atoms with van der Waals surface area (Å²) < 4.78 is 4.37. The highest BCUT2D eigenvalue weighted by molar-refractivity contribution is 6.07. The van der Waals surface area contributed by atoms with Crippen LogP contribution in [0.5, 0.6) is 0 Å². The van der Waals surface area contributed by atoms with Crippen LogP contribution in [0.15, 0.2) is 36.0 Å². The van der Waals surface area contributed by atoms with Crippen LogP contribution < -0.4 is 0 Å². The van der Waals surface area contributed by atoms with Gasteiger partial charge < -0.3 is 4.74 Å². The summed E-state index contributed by atoms with van der Waals surface area (Å²) in [5, 5.41) is 8.68. The zero-order valence-electron chi connectivity index (χ0n) is 9.32. The topological polar surface area (TPSA) is 67.2 Å². The molecule has 0 atom stereocenters. The first-order chi connectivity index (χ1) is 7.58. The van der Waals surface area contributed by atoms with Crippen LogP contribution in [0.1, 0.15) is 13.3 Å². The van der Waals surface area contributed by atoms with E-state index in [2.05, 4.69) is 11.3 Å². The first-order valence-corrected chi connectivity index (χ1v) is 4.59. The van der Waals surface area contributed by atoms with E-state index in [-0.39, 0.29) is 12.0 Å². The summed E-state index contributed by atoms with van der Waals surface area (Å²) in [6, 6.07) is 1.91. The second-order valence-electron chi connectivity index (χ2n) is 2.84. The number of nitrogens with zero attached hydrogens (tertiary/aromatic N) is 1. The summed E-state index contributed by atoms with van der Waals surface area (Å²) in [5.41, 5.74) is 0.563. The molecule has 0 unspecified atom stereocenters. The van der Waals surface area contributed by atoms with Gasteiger partial charge in [-0.15, -0.1) is 0 Å². The van der Waals surface area contributed by atoms with Crippen LogP contribution in [0.2, 0.25) is 0 Å². The third-order valence-electron chi connectivity index (χ3n) is 1.83. The van der Waals surface area contributed by atoms with Crippen LogP contribution in [0, 0.1) is 11.3 Å². The fourth-order valence-corrected chi connectivity index (χ4v) is 0.906. The van der Waals surface area contributed by atoms with Crippen LogP contribution in [-0.2, 0) is 14.3 Å². The van der Waals surface area contributed by atoms with E-state index < -0.39 is 11.8 Å². The van der Waals surface area contributed by atoms with E-state index in [1.165, 1.54) is 19.3 Å². The first kappa shape index (κ1) is 13.8. The monoisotopic (exact) mass is 219 g/mol. The van der Waals surface area contributed by atoms with Gasteiger partial charge in [0.2, 0.25) is 0 Å². The minimum absolute atomic E-state index is 0.222. The number of carbonyl (C=O) groups is 2. The van der Waals surface area contributed by atoms with Crippen molar-refractivity contribution in [3.8, 4) is 6.07 Å². The number of hydrogen-bond acceptors (Lipinski definition) is 4. The molecule has 0 amide bonds. The highest BCUT2D eigenvalue weighted by atomic mass is 16.5. The van der Waals surface area contributed by atoms with Crippen LogP contribution in [-0.4, -0.2) is 18.9 Å². The summed E-state index contributed by atoms with van der Waals surface area (Å²) in [5.74, 6) is -1.03. The lowest BCUT2D eigenvalue weighted by Gasteiger charge is -2.00. The van der Waals surface area contributed by atoms with Crippen LogP contribution in [0.3, 0.4) is 0 Å². The number of hydrogen-bond donors (Lipinski definition) is 0. The fraction of sp³-hybridized carbons (Fsp3) is 0.250. The fourth-order valence-electron chi connectivity index (χ4n) is 0.906. The molecule has 0 aliphatic carbocycles. The van der Waals surface area contributed by atoms with E-state index >= 15 is 0 Å². The Bertz CT molecular complexity index is 397. The largest absolute Gasteiger partial charge is 0.469 e. The highest BCUT2D eigenvalue weighted by Gasteiger charge is 2.12. The number of ether oxygens (including phenoxy) is 1. The van der Waals surface area contributed by atoms with Crippen molar-refractivity contribution in [2.24, 2.45) is 0 Å².